The highest BCUT2D eigenvalue weighted by Crippen LogP contribution is 2.32. The van der Waals surface area contributed by atoms with Gasteiger partial charge in [0.25, 0.3) is 5.91 Å². The SMILES string of the molecule is O=C(Nc1cc(Cl)ccc1Cl)Oc1ccc(N2CCN(C(=O)c3ccccc3C(F)(F)F)CC2)nn1. The molecule has 1 fully saturated rings. The Morgan fingerprint density at radius 3 is 2.33 bits per heavy atom. The van der Waals surface area contributed by atoms with E-state index in [2.05, 4.69) is 15.5 Å². The smallest absolute Gasteiger partial charge is 0.389 e. The van der Waals surface area contributed by atoms with Crippen LogP contribution >= 0.6 is 23.2 Å². The summed E-state index contributed by atoms with van der Waals surface area (Å²) in [4.78, 5) is 28.0. The fraction of sp³-hybridized carbons (Fsp3) is 0.217. The molecule has 0 spiro atoms. The van der Waals surface area contributed by atoms with Gasteiger partial charge in [0.15, 0.2) is 5.82 Å². The number of anilines is 2. The van der Waals surface area contributed by atoms with Gasteiger partial charge in [-0.1, -0.05) is 35.3 Å². The van der Waals surface area contributed by atoms with Crippen LogP contribution in [-0.2, 0) is 6.18 Å². The molecule has 1 aliphatic heterocycles. The molecule has 0 unspecified atom stereocenters. The minimum atomic E-state index is -4.62. The molecule has 3 aromatic rings. The van der Waals surface area contributed by atoms with E-state index in [4.69, 9.17) is 27.9 Å². The Morgan fingerprint density at radius 1 is 0.944 bits per heavy atom. The van der Waals surface area contributed by atoms with Crippen molar-refractivity contribution in [3.63, 3.8) is 0 Å². The first kappa shape index (κ1) is 25.5. The van der Waals surface area contributed by atoms with E-state index >= 15 is 0 Å². The summed E-state index contributed by atoms with van der Waals surface area (Å²) in [5.74, 6) is -0.279. The molecule has 1 aliphatic rings. The molecule has 0 bridgehead atoms. The van der Waals surface area contributed by atoms with Crippen molar-refractivity contribution in [3.8, 4) is 5.88 Å². The van der Waals surface area contributed by atoms with E-state index < -0.39 is 23.7 Å². The van der Waals surface area contributed by atoms with Crippen LogP contribution < -0.4 is 15.0 Å². The van der Waals surface area contributed by atoms with Gasteiger partial charge in [0.05, 0.1) is 21.8 Å². The standard InChI is InChI=1S/C23H18Cl2F3N5O3/c24-14-5-6-17(25)18(13-14)29-22(35)36-20-8-7-19(30-31-20)32-9-11-33(12-10-32)21(34)15-3-1-2-4-16(15)23(26,27)28/h1-8,13H,9-12H2,(H,29,35). The number of carbonyl (C=O) groups excluding carboxylic acids is 2. The third kappa shape index (κ3) is 5.97. The lowest BCUT2D eigenvalue weighted by atomic mass is 10.1. The third-order valence-corrected chi connectivity index (χ3v) is 5.91. The zero-order chi connectivity index (χ0) is 25.9. The number of alkyl halides is 3. The van der Waals surface area contributed by atoms with Crippen molar-refractivity contribution in [2.45, 2.75) is 6.18 Å². The highest BCUT2D eigenvalue weighted by molar-refractivity contribution is 6.35. The Labute approximate surface area is 213 Å². The van der Waals surface area contributed by atoms with Gasteiger partial charge in [0.1, 0.15) is 0 Å². The van der Waals surface area contributed by atoms with Crippen LogP contribution in [0.1, 0.15) is 15.9 Å². The van der Waals surface area contributed by atoms with Crippen LogP contribution in [0.3, 0.4) is 0 Å². The molecule has 2 heterocycles. The molecular weight excluding hydrogens is 522 g/mol. The molecule has 2 amide bonds. The van der Waals surface area contributed by atoms with Crippen LogP contribution in [0.2, 0.25) is 10.0 Å². The van der Waals surface area contributed by atoms with E-state index in [0.717, 1.165) is 6.07 Å². The fourth-order valence-electron chi connectivity index (χ4n) is 3.59. The van der Waals surface area contributed by atoms with Crippen LogP contribution in [-0.4, -0.2) is 53.3 Å². The van der Waals surface area contributed by atoms with E-state index in [1.54, 1.807) is 12.1 Å². The van der Waals surface area contributed by atoms with E-state index in [1.165, 1.54) is 41.3 Å². The van der Waals surface area contributed by atoms with E-state index in [0.29, 0.717) is 23.9 Å². The molecule has 4 rings (SSSR count). The number of aromatic nitrogens is 2. The lowest BCUT2D eigenvalue weighted by Gasteiger charge is -2.35. The molecule has 188 valence electrons. The Balaban J connectivity index is 1.34. The van der Waals surface area contributed by atoms with Crippen LogP contribution in [0.5, 0.6) is 5.88 Å². The maximum absolute atomic E-state index is 13.3. The predicted molar refractivity (Wildman–Crippen MR) is 128 cm³/mol. The molecule has 0 aliphatic carbocycles. The van der Waals surface area contributed by atoms with Crippen LogP contribution in [0.4, 0.5) is 29.5 Å². The van der Waals surface area contributed by atoms with Crippen molar-refractivity contribution < 1.29 is 27.5 Å². The third-order valence-electron chi connectivity index (χ3n) is 5.34. The van der Waals surface area contributed by atoms with Gasteiger partial charge < -0.3 is 14.5 Å². The number of carbonyl (C=O) groups is 2. The zero-order valence-electron chi connectivity index (χ0n) is 18.4. The number of ether oxygens (including phenoxy) is 1. The van der Waals surface area contributed by atoms with Gasteiger partial charge in [0.2, 0.25) is 5.88 Å². The maximum Gasteiger partial charge on any atom is 0.418 e. The number of piperazine rings is 1. The number of nitrogens with zero attached hydrogens (tertiary/aromatic N) is 4. The van der Waals surface area contributed by atoms with Crippen molar-refractivity contribution >= 4 is 46.7 Å². The minimum absolute atomic E-state index is 0.0630. The molecule has 8 nitrogen and oxygen atoms in total. The monoisotopic (exact) mass is 539 g/mol. The fourth-order valence-corrected chi connectivity index (χ4v) is 3.92. The number of hydrogen-bond donors (Lipinski definition) is 1. The second-order valence-electron chi connectivity index (χ2n) is 7.69. The summed E-state index contributed by atoms with van der Waals surface area (Å²) in [7, 11) is 0. The second kappa shape index (κ2) is 10.6. The van der Waals surface area contributed by atoms with E-state index in [-0.39, 0.29) is 35.2 Å². The Hall–Kier alpha value is -3.57. The van der Waals surface area contributed by atoms with Crippen molar-refractivity contribution in [2.75, 3.05) is 36.4 Å². The van der Waals surface area contributed by atoms with Crippen LogP contribution in [0.25, 0.3) is 0 Å². The number of amides is 2. The second-order valence-corrected chi connectivity index (χ2v) is 8.53. The highest BCUT2D eigenvalue weighted by atomic mass is 35.5. The van der Waals surface area contributed by atoms with Crippen molar-refractivity contribution in [1.29, 1.82) is 0 Å². The highest BCUT2D eigenvalue weighted by Gasteiger charge is 2.36. The van der Waals surface area contributed by atoms with Gasteiger partial charge in [-0.2, -0.15) is 13.2 Å². The first-order valence-electron chi connectivity index (χ1n) is 10.6. The summed E-state index contributed by atoms with van der Waals surface area (Å²) in [6.45, 7) is 1.08. The predicted octanol–water partition coefficient (Wildman–Crippen LogP) is 5.38. The Morgan fingerprint density at radius 2 is 1.67 bits per heavy atom. The Bertz CT molecular complexity index is 1270. The average Bonchev–Trinajstić information content (AvgIpc) is 2.86. The normalized spacial score (nSPS) is 13.9. The number of halogens is 5. The lowest BCUT2D eigenvalue weighted by molar-refractivity contribution is -0.138. The molecule has 0 radical (unpaired) electrons. The summed E-state index contributed by atoms with van der Waals surface area (Å²) >= 11 is 11.9. The molecule has 0 saturated carbocycles. The van der Waals surface area contributed by atoms with Gasteiger partial charge in [0, 0.05) is 37.3 Å². The molecule has 2 aromatic carbocycles. The van der Waals surface area contributed by atoms with Crippen LogP contribution in [0.15, 0.2) is 54.6 Å². The van der Waals surface area contributed by atoms with Crippen molar-refractivity contribution in [1.82, 2.24) is 15.1 Å². The summed E-state index contributed by atoms with van der Waals surface area (Å²) < 4.78 is 44.9. The average molecular weight is 540 g/mol. The minimum Gasteiger partial charge on any atom is -0.389 e. The number of hydrogen-bond acceptors (Lipinski definition) is 6. The van der Waals surface area contributed by atoms with Gasteiger partial charge in [-0.15, -0.1) is 10.2 Å². The molecule has 1 aromatic heterocycles. The molecule has 13 heteroatoms. The first-order chi connectivity index (χ1) is 17.1. The number of benzene rings is 2. The quantitative estimate of drug-likeness (QED) is 0.479. The van der Waals surface area contributed by atoms with Gasteiger partial charge in [-0.3, -0.25) is 10.1 Å². The summed E-state index contributed by atoms with van der Waals surface area (Å²) in [5, 5.41) is 11.0. The summed E-state index contributed by atoms with van der Waals surface area (Å²) in [6.07, 6.45) is -5.46. The summed E-state index contributed by atoms with van der Waals surface area (Å²) in [5.41, 5.74) is -1.07. The molecule has 1 N–H and O–H groups in total. The van der Waals surface area contributed by atoms with Gasteiger partial charge in [-0.05, 0) is 36.4 Å². The zero-order valence-corrected chi connectivity index (χ0v) is 19.9. The molecule has 36 heavy (non-hydrogen) atoms. The lowest BCUT2D eigenvalue weighted by Crippen LogP contribution is -2.49. The Kier molecular flexibility index (Phi) is 7.51. The maximum atomic E-state index is 13.3. The largest absolute Gasteiger partial charge is 0.418 e. The topological polar surface area (TPSA) is 87.7 Å². The van der Waals surface area contributed by atoms with Crippen molar-refractivity contribution in [3.05, 3.63) is 75.8 Å². The molecule has 1 saturated heterocycles. The first-order valence-corrected chi connectivity index (χ1v) is 11.4. The van der Waals surface area contributed by atoms with Crippen molar-refractivity contribution in [2.24, 2.45) is 0 Å². The number of nitrogens with one attached hydrogen (secondary N) is 1. The molecule has 0 atom stereocenters. The van der Waals surface area contributed by atoms with E-state index in [1.807, 2.05) is 4.90 Å². The van der Waals surface area contributed by atoms with Crippen LogP contribution in [0, 0.1) is 0 Å². The van der Waals surface area contributed by atoms with Gasteiger partial charge in [-0.25, -0.2) is 4.79 Å². The van der Waals surface area contributed by atoms with Gasteiger partial charge >= 0.3 is 12.3 Å². The molecular formula is C23H18Cl2F3N5O3. The van der Waals surface area contributed by atoms with E-state index in [9.17, 15) is 22.8 Å². The summed E-state index contributed by atoms with van der Waals surface area (Å²) in [6, 6.07) is 12.3. The number of rotatable bonds is 4.